The Balaban J connectivity index is 4.26. The van der Waals surface area contributed by atoms with Gasteiger partial charge >= 0.3 is 0 Å². The van der Waals surface area contributed by atoms with Crippen LogP contribution in [-0.2, 0) is 0 Å². The van der Waals surface area contributed by atoms with Gasteiger partial charge in [0.1, 0.15) is 0 Å². The fraction of sp³-hybridized carbons (Fsp3) is 1.00. The van der Waals surface area contributed by atoms with Crippen molar-refractivity contribution in [3.05, 3.63) is 0 Å². The van der Waals surface area contributed by atoms with E-state index in [-0.39, 0.29) is 11.5 Å². The second kappa shape index (κ2) is 6.64. The average molecular weight is 228 g/mol. The molecule has 3 atom stereocenters. The normalized spacial score (nSPS) is 18.6. The van der Waals surface area contributed by atoms with Crippen LogP contribution in [0.5, 0.6) is 0 Å². The van der Waals surface area contributed by atoms with E-state index in [4.69, 9.17) is 0 Å². The Morgan fingerprint density at radius 3 is 1.81 bits per heavy atom. The second-order valence-corrected chi connectivity index (χ2v) is 6.92. The number of hydrogen-bond acceptors (Lipinski definition) is 1. The maximum Gasteiger partial charge on any atom is 0.0575 e. The molecular weight excluding hydrogens is 196 g/mol. The SMILES string of the molecule is CCC(C(O)CC(C)CC(C)C)C(C)(C)C. The van der Waals surface area contributed by atoms with Crippen molar-refractivity contribution in [1.82, 2.24) is 0 Å². The zero-order valence-corrected chi connectivity index (χ0v) is 12.4. The summed E-state index contributed by atoms with van der Waals surface area (Å²) in [6.07, 6.45) is 3.10. The molecule has 0 amide bonds. The van der Waals surface area contributed by atoms with E-state index in [1.54, 1.807) is 0 Å². The third-order valence-corrected chi connectivity index (χ3v) is 3.53. The molecule has 0 aliphatic heterocycles. The van der Waals surface area contributed by atoms with Crippen LogP contribution in [0.4, 0.5) is 0 Å². The zero-order chi connectivity index (χ0) is 12.9. The Hall–Kier alpha value is -0.0400. The van der Waals surface area contributed by atoms with E-state index >= 15 is 0 Å². The Morgan fingerprint density at radius 1 is 1.00 bits per heavy atom. The molecule has 0 aromatic heterocycles. The summed E-state index contributed by atoms with van der Waals surface area (Å²) in [5.74, 6) is 1.78. The van der Waals surface area contributed by atoms with Crippen molar-refractivity contribution < 1.29 is 5.11 Å². The largest absolute Gasteiger partial charge is 0.393 e. The summed E-state index contributed by atoms with van der Waals surface area (Å²) in [4.78, 5) is 0. The molecule has 0 aromatic rings. The van der Waals surface area contributed by atoms with Crippen LogP contribution in [-0.4, -0.2) is 11.2 Å². The molecule has 0 saturated carbocycles. The molecule has 0 aromatic carbocycles. The van der Waals surface area contributed by atoms with E-state index in [0.29, 0.717) is 11.8 Å². The molecule has 1 N–H and O–H groups in total. The van der Waals surface area contributed by atoms with Gasteiger partial charge in [-0.2, -0.15) is 0 Å². The Kier molecular flexibility index (Phi) is 6.62. The van der Waals surface area contributed by atoms with Gasteiger partial charge in [-0.05, 0) is 36.0 Å². The molecular formula is C15H32O. The van der Waals surface area contributed by atoms with Crippen molar-refractivity contribution in [1.29, 1.82) is 0 Å². The fourth-order valence-electron chi connectivity index (χ4n) is 2.94. The molecule has 98 valence electrons. The summed E-state index contributed by atoms with van der Waals surface area (Å²) in [5, 5.41) is 10.3. The Labute approximate surface area is 103 Å². The van der Waals surface area contributed by atoms with E-state index in [2.05, 4.69) is 48.5 Å². The molecule has 0 spiro atoms. The van der Waals surface area contributed by atoms with Crippen LogP contribution >= 0.6 is 0 Å². The van der Waals surface area contributed by atoms with Crippen molar-refractivity contribution in [2.24, 2.45) is 23.2 Å². The number of aliphatic hydroxyl groups excluding tert-OH is 1. The summed E-state index contributed by atoms with van der Waals surface area (Å²) >= 11 is 0. The molecule has 3 unspecified atom stereocenters. The van der Waals surface area contributed by atoms with Crippen LogP contribution in [0.3, 0.4) is 0 Å². The first kappa shape index (κ1) is 16.0. The maximum atomic E-state index is 10.3. The van der Waals surface area contributed by atoms with E-state index in [9.17, 15) is 5.11 Å². The minimum atomic E-state index is -0.140. The third kappa shape index (κ3) is 5.89. The van der Waals surface area contributed by atoms with Crippen LogP contribution < -0.4 is 0 Å². The summed E-state index contributed by atoms with van der Waals surface area (Å²) < 4.78 is 0. The first-order chi connectivity index (χ1) is 7.18. The van der Waals surface area contributed by atoms with E-state index in [0.717, 1.165) is 18.8 Å². The van der Waals surface area contributed by atoms with Crippen molar-refractivity contribution >= 4 is 0 Å². The van der Waals surface area contributed by atoms with Crippen molar-refractivity contribution in [3.8, 4) is 0 Å². The summed E-state index contributed by atoms with van der Waals surface area (Å²) in [6.45, 7) is 15.7. The number of hydrogen-bond donors (Lipinski definition) is 1. The van der Waals surface area contributed by atoms with Gasteiger partial charge in [0.2, 0.25) is 0 Å². The highest BCUT2D eigenvalue weighted by Crippen LogP contribution is 2.34. The van der Waals surface area contributed by atoms with Crippen molar-refractivity contribution in [3.63, 3.8) is 0 Å². The minimum absolute atomic E-state index is 0.140. The summed E-state index contributed by atoms with van der Waals surface area (Å²) in [6, 6.07) is 0. The zero-order valence-electron chi connectivity index (χ0n) is 12.4. The van der Waals surface area contributed by atoms with Gasteiger partial charge in [0.05, 0.1) is 6.10 Å². The van der Waals surface area contributed by atoms with E-state index < -0.39 is 0 Å². The topological polar surface area (TPSA) is 20.2 Å². The van der Waals surface area contributed by atoms with Crippen molar-refractivity contribution in [2.75, 3.05) is 0 Å². The van der Waals surface area contributed by atoms with Gasteiger partial charge < -0.3 is 5.11 Å². The highest BCUT2D eigenvalue weighted by molar-refractivity contribution is 4.80. The lowest BCUT2D eigenvalue weighted by Crippen LogP contribution is -2.33. The van der Waals surface area contributed by atoms with Crippen LogP contribution in [0.15, 0.2) is 0 Å². The van der Waals surface area contributed by atoms with E-state index in [1.165, 1.54) is 6.42 Å². The van der Waals surface area contributed by atoms with Gasteiger partial charge in [0.25, 0.3) is 0 Å². The third-order valence-electron chi connectivity index (χ3n) is 3.53. The van der Waals surface area contributed by atoms with E-state index in [1.807, 2.05) is 0 Å². The Bertz CT molecular complexity index is 178. The van der Waals surface area contributed by atoms with Gasteiger partial charge in [-0.1, -0.05) is 54.9 Å². The molecule has 0 saturated heterocycles. The lowest BCUT2D eigenvalue weighted by Gasteiger charge is -2.35. The number of aliphatic hydroxyl groups is 1. The highest BCUT2D eigenvalue weighted by Gasteiger charge is 2.30. The molecule has 0 aliphatic carbocycles. The number of rotatable bonds is 6. The molecule has 0 aliphatic rings. The smallest absolute Gasteiger partial charge is 0.0575 e. The second-order valence-electron chi connectivity index (χ2n) is 6.92. The lowest BCUT2D eigenvalue weighted by atomic mass is 9.73. The molecule has 1 nitrogen and oxygen atoms in total. The fourth-order valence-corrected chi connectivity index (χ4v) is 2.94. The molecule has 0 radical (unpaired) electrons. The lowest BCUT2D eigenvalue weighted by molar-refractivity contribution is 0.0226. The molecule has 0 bridgehead atoms. The quantitative estimate of drug-likeness (QED) is 0.710. The highest BCUT2D eigenvalue weighted by atomic mass is 16.3. The van der Waals surface area contributed by atoms with Crippen LogP contribution in [0.25, 0.3) is 0 Å². The standard InChI is InChI=1S/C15H32O/c1-8-13(15(5,6)7)14(16)10-12(4)9-11(2)3/h11-14,16H,8-10H2,1-7H3. The molecule has 0 fully saturated rings. The molecule has 16 heavy (non-hydrogen) atoms. The first-order valence-electron chi connectivity index (χ1n) is 6.86. The monoisotopic (exact) mass is 228 g/mol. The van der Waals surface area contributed by atoms with Gasteiger partial charge in [0.15, 0.2) is 0 Å². The van der Waals surface area contributed by atoms with Gasteiger partial charge in [-0.3, -0.25) is 0 Å². The minimum Gasteiger partial charge on any atom is -0.393 e. The average Bonchev–Trinajstić information content (AvgIpc) is 1.99. The predicted molar refractivity (Wildman–Crippen MR) is 72.5 cm³/mol. The molecule has 1 heteroatoms. The molecule has 0 heterocycles. The van der Waals surface area contributed by atoms with Crippen LogP contribution in [0.2, 0.25) is 0 Å². The van der Waals surface area contributed by atoms with Crippen LogP contribution in [0.1, 0.15) is 67.7 Å². The van der Waals surface area contributed by atoms with Gasteiger partial charge in [-0.15, -0.1) is 0 Å². The van der Waals surface area contributed by atoms with Gasteiger partial charge in [-0.25, -0.2) is 0 Å². The van der Waals surface area contributed by atoms with Gasteiger partial charge in [0, 0.05) is 0 Å². The van der Waals surface area contributed by atoms with Crippen LogP contribution in [0, 0.1) is 23.2 Å². The molecule has 0 rings (SSSR count). The Morgan fingerprint density at radius 2 is 1.50 bits per heavy atom. The van der Waals surface area contributed by atoms with Crippen molar-refractivity contribution in [2.45, 2.75) is 73.8 Å². The predicted octanol–water partition coefficient (Wildman–Crippen LogP) is 4.49. The first-order valence-corrected chi connectivity index (χ1v) is 6.86. The summed E-state index contributed by atoms with van der Waals surface area (Å²) in [7, 11) is 0. The maximum absolute atomic E-state index is 10.3. The summed E-state index contributed by atoms with van der Waals surface area (Å²) in [5.41, 5.74) is 0.214.